The summed E-state index contributed by atoms with van der Waals surface area (Å²) in [6.45, 7) is 0.346. The van der Waals surface area contributed by atoms with Crippen LogP contribution in [-0.2, 0) is 21.9 Å². The Hall–Kier alpha value is -3.04. The molecule has 1 unspecified atom stereocenters. The van der Waals surface area contributed by atoms with Crippen LogP contribution in [0.15, 0.2) is 89.3 Å². The van der Waals surface area contributed by atoms with E-state index >= 15 is 0 Å². The van der Waals surface area contributed by atoms with Gasteiger partial charge in [0.05, 0.1) is 15.3 Å². The molecular formula is C25H21Cl2N5O2S. The number of hydrogen-bond donors (Lipinski definition) is 1. The molecule has 0 saturated carbocycles. The zero-order chi connectivity index (χ0) is 24.6. The Bertz CT molecular complexity index is 1560. The summed E-state index contributed by atoms with van der Waals surface area (Å²) in [7, 11) is -3.85. The van der Waals surface area contributed by atoms with Crippen LogP contribution < -0.4 is 5.73 Å². The maximum absolute atomic E-state index is 13.3. The first kappa shape index (κ1) is 23.7. The summed E-state index contributed by atoms with van der Waals surface area (Å²) in [5.74, 6) is 0.610. The lowest BCUT2D eigenvalue weighted by molar-refractivity contribution is 0.512. The van der Waals surface area contributed by atoms with Gasteiger partial charge in [0.1, 0.15) is 5.82 Å². The minimum Gasteiger partial charge on any atom is -0.329 e. The largest absolute Gasteiger partial charge is 0.329 e. The van der Waals surface area contributed by atoms with Crippen LogP contribution in [0.25, 0.3) is 11.0 Å². The van der Waals surface area contributed by atoms with Gasteiger partial charge < -0.3 is 5.73 Å². The number of hydrogen-bond acceptors (Lipinski definition) is 6. The van der Waals surface area contributed by atoms with Crippen LogP contribution in [0.3, 0.4) is 0 Å². The van der Waals surface area contributed by atoms with Crippen molar-refractivity contribution in [3.05, 3.63) is 106 Å². The Kier molecular flexibility index (Phi) is 6.23. The van der Waals surface area contributed by atoms with Gasteiger partial charge in [0, 0.05) is 48.2 Å². The average molecular weight is 526 g/mol. The third-order valence-electron chi connectivity index (χ3n) is 6.09. The van der Waals surface area contributed by atoms with E-state index in [0.29, 0.717) is 46.3 Å². The minimum atomic E-state index is -3.85. The number of benzene rings is 1. The van der Waals surface area contributed by atoms with E-state index in [9.17, 15) is 8.42 Å². The van der Waals surface area contributed by atoms with Gasteiger partial charge in [-0.05, 0) is 41.8 Å². The molecule has 0 aliphatic heterocycles. The second-order valence-corrected chi connectivity index (χ2v) is 11.1. The lowest BCUT2D eigenvalue weighted by Gasteiger charge is -2.28. The van der Waals surface area contributed by atoms with E-state index in [4.69, 9.17) is 28.9 Å². The molecule has 10 heteroatoms. The molecular weight excluding hydrogens is 505 g/mol. The molecule has 3 heterocycles. The first-order chi connectivity index (χ1) is 16.8. The summed E-state index contributed by atoms with van der Waals surface area (Å²) in [5, 5.41) is 1.73. The molecule has 0 bridgehead atoms. The van der Waals surface area contributed by atoms with Crippen LogP contribution in [0.4, 0.5) is 0 Å². The van der Waals surface area contributed by atoms with Gasteiger partial charge in [-0.15, -0.1) is 0 Å². The third-order valence-corrected chi connectivity index (χ3v) is 8.24. The fourth-order valence-corrected chi connectivity index (χ4v) is 5.80. The summed E-state index contributed by atoms with van der Waals surface area (Å²) in [6.07, 6.45) is 13.2. The van der Waals surface area contributed by atoms with Crippen LogP contribution in [0, 0.1) is 0 Å². The molecule has 178 valence electrons. The Morgan fingerprint density at radius 2 is 1.80 bits per heavy atom. The van der Waals surface area contributed by atoms with Crippen molar-refractivity contribution < 1.29 is 8.42 Å². The molecule has 1 atom stereocenters. The first-order valence-electron chi connectivity index (χ1n) is 10.8. The summed E-state index contributed by atoms with van der Waals surface area (Å²) < 4.78 is 27.9. The quantitative estimate of drug-likeness (QED) is 0.394. The van der Waals surface area contributed by atoms with Crippen LogP contribution in [-0.4, -0.2) is 33.9 Å². The number of allylic oxidation sites excluding steroid dienone is 3. The van der Waals surface area contributed by atoms with E-state index in [1.165, 1.54) is 10.2 Å². The van der Waals surface area contributed by atoms with Crippen molar-refractivity contribution in [1.82, 2.24) is 18.9 Å². The molecule has 5 rings (SSSR count). The van der Waals surface area contributed by atoms with Gasteiger partial charge in [-0.1, -0.05) is 53.6 Å². The van der Waals surface area contributed by atoms with E-state index in [0.717, 1.165) is 11.1 Å². The molecule has 0 amide bonds. The van der Waals surface area contributed by atoms with Crippen molar-refractivity contribution in [2.45, 2.75) is 23.2 Å². The van der Waals surface area contributed by atoms with Crippen LogP contribution in [0.2, 0.25) is 5.02 Å². The molecule has 4 aromatic rings. The number of aromatic nitrogens is 4. The molecule has 3 aromatic heterocycles. The van der Waals surface area contributed by atoms with E-state index in [1.54, 1.807) is 55.0 Å². The van der Waals surface area contributed by atoms with Crippen molar-refractivity contribution in [3.63, 3.8) is 0 Å². The molecule has 0 spiro atoms. The van der Waals surface area contributed by atoms with E-state index in [2.05, 4.69) is 15.0 Å². The fraction of sp³-hybridized carbons (Fsp3) is 0.160. The summed E-state index contributed by atoms with van der Waals surface area (Å²) in [5.41, 5.74) is 7.42. The normalized spacial score (nSPS) is 18.1. The second kappa shape index (κ2) is 9.20. The zero-order valence-electron chi connectivity index (χ0n) is 18.5. The maximum atomic E-state index is 13.3. The Balaban J connectivity index is 1.52. The number of fused-ring (bicyclic) bond motifs is 1. The van der Waals surface area contributed by atoms with Gasteiger partial charge in [0.15, 0.2) is 5.65 Å². The lowest BCUT2D eigenvalue weighted by Crippen LogP contribution is -2.35. The topological polar surface area (TPSA) is 104 Å². The predicted molar refractivity (Wildman–Crippen MR) is 137 cm³/mol. The molecule has 1 aromatic carbocycles. The molecule has 0 radical (unpaired) electrons. The summed E-state index contributed by atoms with van der Waals surface area (Å²) >= 11 is 12.3. The number of nitrogens with zero attached hydrogens (tertiary/aromatic N) is 4. The molecule has 1 aliphatic rings. The Labute approximate surface area is 213 Å². The standard InChI is InChI=1S/C25H21Cl2N5O2S/c26-19-6-8-25(16-28,9-7-19)24-30-12-17(13-31-24)10-18-15-32(23-22(18)11-20(27)14-29-23)35(33,34)21-4-2-1-3-5-21/h1-8,11-15H,9-10,16,28H2. The molecule has 1 aliphatic carbocycles. The van der Waals surface area contributed by atoms with Gasteiger partial charge in [-0.3, -0.25) is 0 Å². The van der Waals surface area contributed by atoms with E-state index in [1.807, 2.05) is 18.2 Å². The van der Waals surface area contributed by atoms with Crippen LogP contribution >= 0.6 is 23.2 Å². The highest BCUT2D eigenvalue weighted by Gasteiger charge is 2.32. The van der Waals surface area contributed by atoms with Gasteiger partial charge in [0.25, 0.3) is 10.0 Å². The Morgan fingerprint density at radius 3 is 2.46 bits per heavy atom. The van der Waals surface area contributed by atoms with Crippen LogP contribution in [0.1, 0.15) is 23.4 Å². The third kappa shape index (κ3) is 4.38. The SMILES string of the molecule is NCC1(c2ncc(Cc3cn(S(=O)(=O)c4ccccc4)c4ncc(Cl)cc34)cn2)C=CC(Cl)=CC1. The fourth-order valence-electron chi connectivity index (χ4n) is 4.13. The minimum absolute atomic E-state index is 0.176. The second-order valence-electron chi connectivity index (χ2n) is 8.37. The lowest BCUT2D eigenvalue weighted by atomic mass is 9.80. The van der Waals surface area contributed by atoms with Crippen molar-refractivity contribution >= 4 is 44.3 Å². The number of halogens is 2. The Morgan fingerprint density at radius 1 is 1.06 bits per heavy atom. The van der Waals surface area contributed by atoms with Gasteiger partial charge in [-0.2, -0.15) is 0 Å². The van der Waals surface area contributed by atoms with Crippen molar-refractivity contribution in [2.24, 2.45) is 5.73 Å². The first-order valence-corrected chi connectivity index (χ1v) is 13.0. The average Bonchev–Trinajstić information content (AvgIpc) is 3.24. The molecule has 0 fully saturated rings. The molecule has 7 nitrogen and oxygen atoms in total. The highest BCUT2D eigenvalue weighted by Crippen LogP contribution is 2.32. The van der Waals surface area contributed by atoms with Crippen molar-refractivity contribution in [2.75, 3.05) is 6.54 Å². The van der Waals surface area contributed by atoms with Crippen molar-refractivity contribution in [3.8, 4) is 0 Å². The smallest absolute Gasteiger partial charge is 0.269 e. The van der Waals surface area contributed by atoms with Crippen LogP contribution in [0.5, 0.6) is 0 Å². The summed E-state index contributed by atoms with van der Waals surface area (Å²) in [6, 6.07) is 9.96. The maximum Gasteiger partial charge on any atom is 0.269 e. The zero-order valence-corrected chi connectivity index (χ0v) is 20.8. The monoisotopic (exact) mass is 525 g/mol. The molecule has 0 saturated heterocycles. The van der Waals surface area contributed by atoms with E-state index < -0.39 is 15.4 Å². The number of rotatable bonds is 6. The molecule has 2 N–H and O–H groups in total. The van der Waals surface area contributed by atoms with Gasteiger partial charge >= 0.3 is 0 Å². The van der Waals surface area contributed by atoms with Gasteiger partial charge in [-0.25, -0.2) is 27.3 Å². The number of nitrogens with two attached hydrogens (primary N) is 1. The highest BCUT2D eigenvalue weighted by molar-refractivity contribution is 7.90. The predicted octanol–water partition coefficient (Wildman–Crippen LogP) is 4.59. The summed E-state index contributed by atoms with van der Waals surface area (Å²) in [4.78, 5) is 13.7. The van der Waals surface area contributed by atoms with Crippen molar-refractivity contribution in [1.29, 1.82) is 0 Å². The van der Waals surface area contributed by atoms with Gasteiger partial charge in [0.2, 0.25) is 0 Å². The highest BCUT2D eigenvalue weighted by atomic mass is 35.5. The van der Waals surface area contributed by atoms with E-state index in [-0.39, 0.29) is 4.90 Å². The molecule has 35 heavy (non-hydrogen) atoms. The number of pyridine rings is 1.